The summed E-state index contributed by atoms with van der Waals surface area (Å²) >= 11 is 6.08. The molecule has 3 N–H and O–H groups in total. The molecule has 1 rings (SSSR count). The van der Waals surface area contributed by atoms with Crippen LogP contribution < -0.4 is 0 Å². The highest BCUT2D eigenvalue weighted by molar-refractivity contribution is 9.11. The van der Waals surface area contributed by atoms with Crippen molar-refractivity contribution in [2.75, 3.05) is 0 Å². The number of hydrogen-bond donors (Lipinski definition) is 3. The topological polar surface area (TPSA) is 94.8 Å². The van der Waals surface area contributed by atoms with Crippen molar-refractivity contribution in [3.05, 3.63) is 32.7 Å². The third-order valence-corrected chi connectivity index (χ3v) is 3.00. The van der Waals surface area contributed by atoms with Gasteiger partial charge in [0.25, 0.3) is 5.78 Å². The molecule has 0 saturated carbocycles. The lowest BCUT2D eigenvalue weighted by Crippen LogP contribution is -2.09. The highest BCUT2D eigenvalue weighted by Crippen LogP contribution is 2.34. The number of rotatable bonds is 3. The molecule has 0 fully saturated rings. The third kappa shape index (κ3) is 3.31. The van der Waals surface area contributed by atoms with Crippen LogP contribution in [0, 0.1) is 0 Å². The molecule has 90 valence electrons. The third-order valence-electron chi connectivity index (χ3n) is 1.79. The molecule has 0 spiro atoms. The van der Waals surface area contributed by atoms with Gasteiger partial charge >= 0.3 is 5.97 Å². The number of aliphatic hydroxyl groups excluding tert-OH is 1. The number of phenolic OH excluding ortho intramolecular Hbond substituents is 1. The monoisotopic (exact) mass is 364 g/mol. The summed E-state index contributed by atoms with van der Waals surface area (Å²) in [6.45, 7) is 0. The quantitative estimate of drug-likeness (QED) is 0.434. The maximum absolute atomic E-state index is 10.9. The van der Waals surface area contributed by atoms with E-state index in [1.165, 1.54) is 12.1 Å². The van der Waals surface area contributed by atoms with Gasteiger partial charge < -0.3 is 15.3 Å². The molecule has 0 aliphatic rings. The standard InChI is InChI=1S/C10H6Br2O5/c11-5-1-4(2-6(12)9(5)15)7(13)3-8(14)10(16)17/h1-3,13,15H,(H,16,17). The van der Waals surface area contributed by atoms with E-state index in [9.17, 15) is 19.8 Å². The highest BCUT2D eigenvalue weighted by atomic mass is 79.9. The first-order chi connectivity index (χ1) is 7.82. The lowest BCUT2D eigenvalue weighted by atomic mass is 10.1. The van der Waals surface area contributed by atoms with Crippen molar-refractivity contribution in [3.8, 4) is 5.75 Å². The smallest absolute Gasteiger partial charge is 0.376 e. The SMILES string of the molecule is O=C(O)C(=O)C=C(O)c1cc(Br)c(O)c(Br)c1. The van der Waals surface area contributed by atoms with Crippen molar-refractivity contribution in [3.63, 3.8) is 0 Å². The number of aliphatic carboxylic acids is 1. The number of phenols is 1. The van der Waals surface area contributed by atoms with Gasteiger partial charge in [0.1, 0.15) is 11.5 Å². The van der Waals surface area contributed by atoms with Gasteiger partial charge in [0.05, 0.1) is 8.95 Å². The summed E-state index contributed by atoms with van der Waals surface area (Å²) in [5, 5.41) is 27.3. The van der Waals surface area contributed by atoms with Gasteiger partial charge in [-0.3, -0.25) is 4.79 Å². The molecule has 0 bridgehead atoms. The number of hydrogen-bond acceptors (Lipinski definition) is 4. The molecule has 0 amide bonds. The maximum Gasteiger partial charge on any atom is 0.376 e. The van der Waals surface area contributed by atoms with Gasteiger partial charge in [-0.25, -0.2) is 4.79 Å². The zero-order chi connectivity index (χ0) is 13.2. The molecule has 0 saturated heterocycles. The van der Waals surface area contributed by atoms with E-state index in [1.807, 2.05) is 0 Å². The molecule has 7 heteroatoms. The Bertz CT molecular complexity index is 498. The van der Waals surface area contributed by atoms with Gasteiger partial charge in [0.15, 0.2) is 0 Å². The molecule has 0 atom stereocenters. The van der Waals surface area contributed by atoms with Crippen LogP contribution in [-0.2, 0) is 9.59 Å². The molecule has 17 heavy (non-hydrogen) atoms. The van der Waals surface area contributed by atoms with E-state index in [2.05, 4.69) is 31.9 Å². The van der Waals surface area contributed by atoms with E-state index in [1.54, 1.807) is 0 Å². The minimum absolute atomic E-state index is 0.0638. The van der Waals surface area contributed by atoms with Crippen LogP contribution in [0.2, 0.25) is 0 Å². The molecular weight excluding hydrogens is 360 g/mol. The van der Waals surface area contributed by atoms with E-state index >= 15 is 0 Å². The first kappa shape index (κ1) is 13.7. The summed E-state index contributed by atoms with van der Waals surface area (Å²) in [4.78, 5) is 21.1. The molecule has 0 radical (unpaired) electrons. The second-order valence-corrected chi connectivity index (χ2v) is 4.70. The zero-order valence-electron chi connectivity index (χ0n) is 8.15. The molecular formula is C10H6Br2O5. The van der Waals surface area contributed by atoms with Gasteiger partial charge in [-0.05, 0) is 44.0 Å². The molecule has 0 aliphatic carbocycles. The maximum atomic E-state index is 10.9. The number of halogens is 2. The normalized spacial score (nSPS) is 11.3. The number of carbonyl (C=O) groups excluding carboxylic acids is 1. The van der Waals surface area contributed by atoms with Gasteiger partial charge in [0, 0.05) is 11.6 Å². The number of ketones is 1. The minimum atomic E-state index is -1.66. The Hall–Kier alpha value is -1.34. The summed E-state index contributed by atoms with van der Waals surface area (Å²) in [6, 6.07) is 2.70. The molecule has 0 aromatic heterocycles. The van der Waals surface area contributed by atoms with Crippen molar-refractivity contribution < 1.29 is 24.9 Å². The van der Waals surface area contributed by atoms with Crippen LogP contribution in [0.1, 0.15) is 5.56 Å². The van der Waals surface area contributed by atoms with Crippen LogP contribution in [0.4, 0.5) is 0 Å². The largest absolute Gasteiger partial charge is 0.507 e. The van der Waals surface area contributed by atoms with E-state index in [-0.39, 0.29) is 11.3 Å². The average molecular weight is 366 g/mol. The first-order valence-corrected chi connectivity index (χ1v) is 5.78. The average Bonchev–Trinajstić information content (AvgIpc) is 2.24. The zero-order valence-corrected chi connectivity index (χ0v) is 11.3. The molecule has 0 unspecified atom stereocenters. The summed E-state index contributed by atoms with van der Waals surface area (Å²) < 4.78 is 0.592. The van der Waals surface area contributed by atoms with E-state index in [0.717, 1.165) is 0 Å². The van der Waals surface area contributed by atoms with Crippen LogP contribution in [0.3, 0.4) is 0 Å². The number of aromatic hydroxyl groups is 1. The van der Waals surface area contributed by atoms with Gasteiger partial charge in [-0.2, -0.15) is 0 Å². The Kier molecular flexibility index (Phi) is 4.30. The van der Waals surface area contributed by atoms with Crippen molar-refractivity contribution in [1.29, 1.82) is 0 Å². The summed E-state index contributed by atoms with van der Waals surface area (Å²) in [5.41, 5.74) is 0.191. The summed E-state index contributed by atoms with van der Waals surface area (Å²) in [5.74, 6) is -3.46. The van der Waals surface area contributed by atoms with Crippen molar-refractivity contribution in [2.45, 2.75) is 0 Å². The molecule has 1 aromatic carbocycles. The Morgan fingerprint density at radius 1 is 1.12 bits per heavy atom. The van der Waals surface area contributed by atoms with Gasteiger partial charge in [-0.15, -0.1) is 0 Å². The van der Waals surface area contributed by atoms with Crippen molar-refractivity contribution in [2.24, 2.45) is 0 Å². The Morgan fingerprint density at radius 2 is 1.59 bits per heavy atom. The fourth-order valence-electron chi connectivity index (χ4n) is 0.983. The first-order valence-electron chi connectivity index (χ1n) is 4.19. The molecule has 1 aromatic rings. The van der Waals surface area contributed by atoms with E-state index in [0.29, 0.717) is 15.0 Å². The Labute approximate surface area is 113 Å². The second kappa shape index (κ2) is 5.33. The molecule has 0 aliphatic heterocycles. The van der Waals surface area contributed by atoms with Gasteiger partial charge in [-0.1, -0.05) is 0 Å². The minimum Gasteiger partial charge on any atom is -0.507 e. The second-order valence-electron chi connectivity index (χ2n) is 2.99. The lowest BCUT2D eigenvalue weighted by molar-refractivity contribution is -0.146. The number of carboxylic acids is 1. The molecule has 0 heterocycles. The fraction of sp³-hybridized carbons (Fsp3) is 0. The lowest BCUT2D eigenvalue weighted by Gasteiger charge is -2.04. The fourth-order valence-corrected chi connectivity index (χ4v) is 2.17. The Morgan fingerprint density at radius 3 is 2.00 bits per heavy atom. The van der Waals surface area contributed by atoms with Crippen LogP contribution in [0.25, 0.3) is 5.76 Å². The summed E-state index contributed by atoms with van der Waals surface area (Å²) in [7, 11) is 0. The number of benzene rings is 1. The van der Waals surface area contributed by atoms with Crippen LogP contribution >= 0.6 is 31.9 Å². The van der Waals surface area contributed by atoms with E-state index < -0.39 is 17.5 Å². The predicted octanol–water partition coefficient (Wildman–Crippen LogP) is 2.47. The number of carboxylic acid groups (broad SMARTS) is 1. The van der Waals surface area contributed by atoms with Crippen molar-refractivity contribution in [1.82, 2.24) is 0 Å². The predicted molar refractivity (Wildman–Crippen MR) is 66.8 cm³/mol. The highest BCUT2D eigenvalue weighted by Gasteiger charge is 2.13. The number of aliphatic hydroxyl groups is 1. The van der Waals surface area contributed by atoms with Crippen LogP contribution in [-0.4, -0.2) is 27.1 Å². The number of carbonyl (C=O) groups is 2. The van der Waals surface area contributed by atoms with Crippen LogP contribution in [0.15, 0.2) is 27.2 Å². The summed E-state index contributed by atoms with van der Waals surface area (Å²) in [6.07, 6.45) is 0.591. The van der Waals surface area contributed by atoms with E-state index in [4.69, 9.17) is 5.11 Å². The van der Waals surface area contributed by atoms with Crippen LogP contribution in [0.5, 0.6) is 5.75 Å². The molecule has 5 nitrogen and oxygen atoms in total. The van der Waals surface area contributed by atoms with Crippen molar-refractivity contribution >= 4 is 49.4 Å². The Balaban J connectivity index is 3.18. The van der Waals surface area contributed by atoms with Gasteiger partial charge in [0.2, 0.25) is 0 Å².